The van der Waals surface area contributed by atoms with Gasteiger partial charge in [-0.1, -0.05) is 24.3 Å². The molecule has 0 radical (unpaired) electrons. The summed E-state index contributed by atoms with van der Waals surface area (Å²) in [5.74, 6) is 2.87. The van der Waals surface area contributed by atoms with Gasteiger partial charge in [0.1, 0.15) is 11.5 Å². The molecule has 0 atom stereocenters. The van der Waals surface area contributed by atoms with Gasteiger partial charge in [-0.25, -0.2) is 9.67 Å². The Morgan fingerprint density at radius 3 is 2.54 bits per heavy atom. The lowest BCUT2D eigenvalue weighted by atomic mass is 10.0. The van der Waals surface area contributed by atoms with Gasteiger partial charge in [-0.15, -0.1) is 0 Å². The van der Waals surface area contributed by atoms with Crippen molar-refractivity contribution in [3.63, 3.8) is 0 Å². The van der Waals surface area contributed by atoms with Gasteiger partial charge >= 0.3 is 0 Å². The number of nitrogens with zero attached hydrogens (tertiary/aromatic N) is 4. The molecule has 3 aromatic carbocycles. The van der Waals surface area contributed by atoms with Gasteiger partial charge in [-0.3, -0.25) is 0 Å². The van der Waals surface area contributed by atoms with Gasteiger partial charge in [-0.05, 0) is 85.5 Å². The third-order valence-corrected chi connectivity index (χ3v) is 6.66. The summed E-state index contributed by atoms with van der Waals surface area (Å²) in [5.41, 5.74) is 7.55. The van der Waals surface area contributed by atoms with E-state index >= 15 is 0 Å². The van der Waals surface area contributed by atoms with Crippen LogP contribution in [0.2, 0.25) is 0 Å². The minimum Gasteiger partial charge on any atom is -0.457 e. The molecule has 0 aliphatic carbocycles. The summed E-state index contributed by atoms with van der Waals surface area (Å²) in [6, 6.07) is 20.3. The molecule has 0 saturated heterocycles. The van der Waals surface area contributed by atoms with E-state index in [4.69, 9.17) is 14.8 Å². The monoisotopic (exact) mass is 491 g/mol. The number of benzene rings is 3. The van der Waals surface area contributed by atoms with Crippen LogP contribution in [0.1, 0.15) is 22.3 Å². The molecule has 3 heterocycles. The van der Waals surface area contributed by atoms with Crippen molar-refractivity contribution in [3.8, 4) is 11.5 Å². The Balaban J connectivity index is 1.24. The Bertz CT molecular complexity index is 1570. The molecule has 8 nitrogen and oxygen atoms in total. The summed E-state index contributed by atoms with van der Waals surface area (Å²) in [4.78, 5) is 9.34. The fourth-order valence-electron chi connectivity index (χ4n) is 4.80. The highest BCUT2D eigenvalue weighted by Crippen LogP contribution is 2.33. The number of para-hydroxylation sites is 1. The van der Waals surface area contributed by atoms with E-state index in [9.17, 15) is 0 Å². The molecular weight excluding hydrogens is 462 g/mol. The number of ether oxygens (including phenoxy) is 1. The second kappa shape index (κ2) is 9.55. The SMILES string of the molecule is Cc1cc(Oc2ccccc2)cc(C)c1Nc1nn(C)c2nc(Nc3ccc4c(c3)CNCC4)ncc12. The minimum atomic E-state index is 0.542. The lowest BCUT2D eigenvalue weighted by molar-refractivity contribution is 0.482. The molecule has 0 fully saturated rings. The Morgan fingerprint density at radius 2 is 1.73 bits per heavy atom. The highest BCUT2D eigenvalue weighted by atomic mass is 16.5. The molecule has 0 unspecified atom stereocenters. The molecule has 2 aromatic heterocycles. The van der Waals surface area contributed by atoms with E-state index in [0.29, 0.717) is 11.8 Å². The summed E-state index contributed by atoms with van der Waals surface area (Å²) in [5, 5.41) is 15.8. The maximum atomic E-state index is 6.03. The van der Waals surface area contributed by atoms with Crippen molar-refractivity contribution in [2.75, 3.05) is 17.2 Å². The van der Waals surface area contributed by atoms with E-state index in [1.54, 1.807) is 4.68 Å². The molecule has 0 bridgehead atoms. The van der Waals surface area contributed by atoms with Gasteiger partial charge in [0.2, 0.25) is 5.95 Å². The van der Waals surface area contributed by atoms with Crippen LogP contribution >= 0.6 is 0 Å². The van der Waals surface area contributed by atoms with Crippen LogP contribution in [-0.2, 0) is 20.0 Å². The van der Waals surface area contributed by atoms with Crippen LogP contribution in [0.3, 0.4) is 0 Å². The summed E-state index contributed by atoms with van der Waals surface area (Å²) >= 11 is 0. The van der Waals surface area contributed by atoms with Crippen LogP contribution < -0.4 is 20.7 Å². The maximum Gasteiger partial charge on any atom is 0.229 e. The maximum absolute atomic E-state index is 6.03. The summed E-state index contributed by atoms with van der Waals surface area (Å²) < 4.78 is 7.81. The first-order valence-corrected chi connectivity index (χ1v) is 12.4. The van der Waals surface area contributed by atoms with E-state index in [-0.39, 0.29) is 0 Å². The van der Waals surface area contributed by atoms with Gasteiger partial charge in [0.05, 0.1) is 5.39 Å². The first-order valence-electron chi connectivity index (χ1n) is 12.4. The molecular formula is C29H29N7O. The molecule has 37 heavy (non-hydrogen) atoms. The van der Waals surface area contributed by atoms with Crippen molar-refractivity contribution in [1.29, 1.82) is 0 Å². The summed E-state index contributed by atoms with van der Waals surface area (Å²) in [6.07, 6.45) is 2.88. The van der Waals surface area contributed by atoms with Crippen molar-refractivity contribution < 1.29 is 4.74 Å². The van der Waals surface area contributed by atoms with Crippen LogP contribution in [0, 0.1) is 13.8 Å². The van der Waals surface area contributed by atoms with E-state index in [1.165, 1.54) is 11.1 Å². The number of anilines is 4. The highest BCUT2D eigenvalue weighted by molar-refractivity contribution is 5.90. The molecule has 0 spiro atoms. The molecule has 186 valence electrons. The number of fused-ring (bicyclic) bond motifs is 2. The zero-order chi connectivity index (χ0) is 25.4. The third kappa shape index (κ3) is 4.71. The fourth-order valence-corrected chi connectivity index (χ4v) is 4.80. The average Bonchev–Trinajstić information content (AvgIpc) is 3.21. The molecule has 5 aromatic rings. The van der Waals surface area contributed by atoms with Crippen molar-refractivity contribution in [2.24, 2.45) is 7.05 Å². The zero-order valence-electron chi connectivity index (χ0n) is 21.2. The van der Waals surface area contributed by atoms with Crippen LogP contribution in [-0.4, -0.2) is 26.3 Å². The third-order valence-electron chi connectivity index (χ3n) is 6.66. The van der Waals surface area contributed by atoms with Gasteiger partial charge in [0.15, 0.2) is 11.5 Å². The standard InChI is InChI=1S/C29H29N7O/c1-18-13-24(37-23-7-5-4-6-8-23)14-19(2)26(18)33-27-25-17-31-29(34-28(25)36(3)35-27)32-22-10-9-20-11-12-30-16-21(20)15-22/h4-10,13-15,17,30H,11-12,16H2,1-3H3,(H,33,35)(H,31,32,34). The van der Waals surface area contributed by atoms with Crippen LogP contribution in [0.4, 0.5) is 23.1 Å². The Morgan fingerprint density at radius 1 is 0.919 bits per heavy atom. The average molecular weight is 492 g/mol. The molecule has 3 N–H and O–H groups in total. The normalized spacial score (nSPS) is 12.8. The predicted octanol–water partition coefficient (Wildman–Crippen LogP) is 5.91. The molecule has 1 aliphatic heterocycles. The van der Waals surface area contributed by atoms with Crippen molar-refractivity contribution in [2.45, 2.75) is 26.8 Å². The van der Waals surface area contributed by atoms with Crippen molar-refractivity contribution in [1.82, 2.24) is 25.1 Å². The largest absolute Gasteiger partial charge is 0.457 e. The lowest BCUT2D eigenvalue weighted by Gasteiger charge is -2.18. The second-order valence-corrected chi connectivity index (χ2v) is 9.41. The molecule has 6 rings (SSSR count). The van der Waals surface area contributed by atoms with Crippen LogP contribution in [0.15, 0.2) is 66.9 Å². The topological polar surface area (TPSA) is 88.9 Å². The Hall–Kier alpha value is -4.43. The summed E-state index contributed by atoms with van der Waals surface area (Å²) in [6.45, 7) is 6.04. The lowest BCUT2D eigenvalue weighted by Crippen LogP contribution is -2.23. The fraction of sp³-hybridized carbons (Fsp3) is 0.207. The van der Waals surface area contributed by atoms with E-state index in [2.05, 4.69) is 53.0 Å². The van der Waals surface area contributed by atoms with E-state index in [0.717, 1.165) is 64.5 Å². The zero-order valence-corrected chi connectivity index (χ0v) is 21.2. The molecule has 1 aliphatic rings. The van der Waals surface area contributed by atoms with Gasteiger partial charge in [-0.2, -0.15) is 10.1 Å². The van der Waals surface area contributed by atoms with Crippen LogP contribution in [0.25, 0.3) is 11.0 Å². The smallest absolute Gasteiger partial charge is 0.229 e. The van der Waals surface area contributed by atoms with Gasteiger partial charge in [0, 0.05) is 31.2 Å². The van der Waals surface area contributed by atoms with Crippen LogP contribution in [0.5, 0.6) is 11.5 Å². The molecule has 8 heteroatoms. The van der Waals surface area contributed by atoms with E-state index in [1.807, 2.05) is 55.7 Å². The number of aryl methyl sites for hydroxylation is 3. The number of nitrogens with one attached hydrogen (secondary N) is 3. The van der Waals surface area contributed by atoms with E-state index < -0.39 is 0 Å². The van der Waals surface area contributed by atoms with Crippen molar-refractivity contribution >= 4 is 34.2 Å². The highest BCUT2D eigenvalue weighted by Gasteiger charge is 2.16. The quantitative estimate of drug-likeness (QED) is 0.272. The Labute approximate surface area is 215 Å². The van der Waals surface area contributed by atoms with Gasteiger partial charge in [0.25, 0.3) is 0 Å². The number of rotatable bonds is 6. The first kappa shape index (κ1) is 23.0. The number of aromatic nitrogens is 4. The summed E-state index contributed by atoms with van der Waals surface area (Å²) in [7, 11) is 1.89. The Kier molecular flexibility index (Phi) is 5.94. The van der Waals surface area contributed by atoms with Gasteiger partial charge < -0.3 is 20.7 Å². The first-order chi connectivity index (χ1) is 18.0. The predicted molar refractivity (Wildman–Crippen MR) is 147 cm³/mol. The minimum absolute atomic E-state index is 0.542. The number of hydrogen-bond donors (Lipinski definition) is 3. The second-order valence-electron chi connectivity index (χ2n) is 9.41. The molecule has 0 saturated carbocycles. The number of hydrogen-bond acceptors (Lipinski definition) is 7. The molecule has 0 amide bonds. The van der Waals surface area contributed by atoms with Crippen molar-refractivity contribution in [3.05, 3.63) is 89.1 Å².